The molecule has 2 nitrogen and oxygen atoms in total. The molecule has 0 spiro atoms. The topological polar surface area (TPSA) is 29.5 Å². The Morgan fingerprint density at radius 1 is 1.11 bits per heavy atom. The normalized spacial score (nSPS) is 23.9. The van der Waals surface area contributed by atoms with Crippen molar-refractivity contribution in [1.82, 2.24) is 0 Å². The summed E-state index contributed by atoms with van der Waals surface area (Å²) in [4.78, 5) is 0. The van der Waals surface area contributed by atoms with Gasteiger partial charge in [-0.05, 0) is 68.1 Å². The molecule has 18 heavy (non-hydrogen) atoms. The van der Waals surface area contributed by atoms with E-state index in [4.69, 9.17) is 9.84 Å². The third-order valence-corrected chi connectivity index (χ3v) is 4.20. The van der Waals surface area contributed by atoms with Crippen molar-refractivity contribution in [2.24, 2.45) is 5.92 Å². The average molecular weight is 248 g/mol. The number of rotatable bonds is 5. The molecule has 0 bridgehead atoms. The van der Waals surface area contributed by atoms with E-state index in [0.717, 1.165) is 24.0 Å². The zero-order valence-corrected chi connectivity index (χ0v) is 11.3. The zero-order valence-electron chi connectivity index (χ0n) is 11.3. The number of hydrogen-bond acceptors (Lipinski definition) is 2. The fourth-order valence-electron chi connectivity index (χ4n) is 3.04. The van der Waals surface area contributed by atoms with Crippen LogP contribution in [0.1, 0.15) is 50.0 Å². The van der Waals surface area contributed by atoms with Gasteiger partial charge in [0, 0.05) is 6.61 Å². The lowest BCUT2D eigenvalue weighted by molar-refractivity contribution is 0.246. The second kappa shape index (κ2) is 6.79. The lowest BCUT2D eigenvalue weighted by Crippen LogP contribution is -2.13. The number of hydrogen-bond donors (Lipinski definition) is 1. The van der Waals surface area contributed by atoms with E-state index in [1.165, 1.54) is 37.7 Å². The van der Waals surface area contributed by atoms with E-state index < -0.39 is 0 Å². The summed E-state index contributed by atoms with van der Waals surface area (Å²) >= 11 is 0. The summed E-state index contributed by atoms with van der Waals surface area (Å²) in [6, 6.07) is 8.54. The fourth-order valence-corrected chi connectivity index (χ4v) is 3.04. The van der Waals surface area contributed by atoms with Crippen molar-refractivity contribution in [2.75, 3.05) is 13.7 Å². The molecule has 0 aliphatic heterocycles. The highest BCUT2D eigenvalue weighted by atomic mass is 16.5. The second-order valence-corrected chi connectivity index (χ2v) is 5.36. The van der Waals surface area contributed by atoms with Crippen molar-refractivity contribution >= 4 is 0 Å². The number of methoxy groups -OCH3 is 1. The molecule has 0 heterocycles. The molecule has 1 N–H and O–H groups in total. The molecule has 1 aromatic rings. The predicted octanol–water partition coefficient (Wildman–Crippen LogP) is 3.74. The summed E-state index contributed by atoms with van der Waals surface area (Å²) in [7, 11) is 1.71. The summed E-state index contributed by atoms with van der Waals surface area (Å²) in [6.07, 6.45) is 7.39. The Morgan fingerprint density at radius 2 is 1.78 bits per heavy atom. The Balaban J connectivity index is 1.84. The van der Waals surface area contributed by atoms with Crippen molar-refractivity contribution in [3.05, 3.63) is 29.8 Å². The third-order valence-electron chi connectivity index (χ3n) is 4.20. The third kappa shape index (κ3) is 3.49. The summed E-state index contributed by atoms with van der Waals surface area (Å²) in [5.41, 5.74) is 1.46. The molecule has 100 valence electrons. The monoisotopic (exact) mass is 248 g/mol. The van der Waals surface area contributed by atoms with Crippen LogP contribution in [0.2, 0.25) is 0 Å². The molecule has 0 aromatic heterocycles. The molecule has 0 unspecified atom stereocenters. The highest BCUT2D eigenvalue weighted by molar-refractivity contribution is 5.29. The number of aliphatic hydroxyl groups excluding tert-OH is 1. The van der Waals surface area contributed by atoms with Gasteiger partial charge in [0.1, 0.15) is 5.75 Å². The van der Waals surface area contributed by atoms with Gasteiger partial charge in [0.05, 0.1) is 7.11 Å². The van der Waals surface area contributed by atoms with Crippen molar-refractivity contribution in [3.63, 3.8) is 0 Å². The molecule has 2 heteroatoms. The summed E-state index contributed by atoms with van der Waals surface area (Å²) < 4.78 is 5.19. The Labute approximate surface area is 110 Å². The van der Waals surface area contributed by atoms with Crippen LogP contribution in [0, 0.1) is 5.92 Å². The highest BCUT2D eigenvalue weighted by Crippen LogP contribution is 2.37. The van der Waals surface area contributed by atoms with Crippen LogP contribution in [0.15, 0.2) is 24.3 Å². The van der Waals surface area contributed by atoms with Crippen LogP contribution in [-0.4, -0.2) is 18.8 Å². The second-order valence-electron chi connectivity index (χ2n) is 5.36. The minimum atomic E-state index is 0.346. The molecular weight excluding hydrogens is 224 g/mol. The average Bonchev–Trinajstić information content (AvgIpc) is 2.46. The van der Waals surface area contributed by atoms with Crippen LogP contribution in [-0.2, 0) is 0 Å². The van der Waals surface area contributed by atoms with Gasteiger partial charge in [0.2, 0.25) is 0 Å². The fraction of sp³-hybridized carbons (Fsp3) is 0.625. The Kier molecular flexibility index (Phi) is 5.06. The van der Waals surface area contributed by atoms with Crippen LogP contribution in [0.25, 0.3) is 0 Å². The number of aliphatic hydroxyl groups is 1. The zero-order chi connectivity index (χ0) is 12.8. The predicted molar refractivity (Wildman–Crippen MR) is 74.0 cm³/mol. The van der Waals surface area contributed by atoms with Crippen LogP contribution < -0.4 is 4.74 Å². The van der Waals surface area contributed by atoms with Gasteiger partial charge in [0.15, 0.2) is 0 Å². The molecule has 1 saturated carbocycles. The molecule has 1 aliphatic carbocycles. The largest absolute Gasteiger partial charge is 0.497 e. The first-order chi connectivity index (χ1) is 8.83. The Bertz CT molecular complexity index is 337. The number of benzene rings is 1. The molecule has 0 saturated heterocycles. The van der Waals surface area contributed by atoms with Gasteiger partial charge in [-0.2, -0.15) is 0 Å². The van der Waals surface area contributed by atoms with Crippen molar-refractivity contribution in [2.45, 2.75) is 44.4 Å². The van der Waals surface area contributed by atoms with Gasteiger partial charge in [0.25, 0.3) is 0 Å². The molecule has 1 fully saturated rings. The molecule has 1 aliphatic rings. The maximum Gasteiger partial charge on any atom is 0.118 e. The lowest BCUT2D eigenvalue weighted by atomic mass is 9.77. The summed E-state index contributed by atoms with van der Waals surface area (Å²) in [5.74, 6) is 2.50. The molecule has 1 aromatic carbocycles. The van der Waals surface area contributed by atoms with E-state index in [0.29, 0.717) is 6.61 Å². The summed E-state index contributed by atoms with van der Waals surface area (Å²) in [6.45, 7) is 0.346. The van der Waals surface area contributed by atoms with Gasteiger partial charge < -0.3 is 9.84 Å². The smallest absolute Gasteiger partial charge is 0.118 e. The van der Waals surface area contributed by atoms with E-state index in [9.17, 15) is 0 Å². The molecule has 0 amide bonds. The summed E-state index contributed by atoms with van der Waals surface area (Å²) in [5, 5.41) is 8.86. The lowest BCUT2D eigenvalue weighted by Gasteiger charge is -2.28. The highest BCUT2D eigenvalue weighted by Gasteiger charge is 2.21. The minimum Gasteiger partial charge on any atom is -0.497 e. The Morgan fingerprint density at radius 3 is 2.33 bits per heavy atom. The van der Waals surface area contributed by atoms with E-state index in [1.54, 1.807) is 7.11 Å². The molecule has 0 atom stereocenters. The molecule has 2 rings (SSSR count). The Hall–Kier alpha value is -1.02. The van der Waals surface area contributed by atoms with Crippen LogP contribution in [0.3, 0.4) is 0 Å². The van der Waals surface area contributed by atoms with Crippen molar-refractivity contribution in [1.29, 1.82) is 0 Å². The van der Waals surface area contributed by atoms with Crippen molar-refractivity contribution in [3.8, 4) is 5.75 Å². The van der Waals surface area contributed by atoms with Crippen molar-refractivity contribution < 1.29 is 9.84 Å². The van der Waals surface area contributed by atoms with Gasteiger partial charge >= 0.3 is 0 Å². The van der Waals surface area contributed by atoms with Gasteiger partial charge in [-0.25, -0.2) is 0 Å². The van der Waals surface area contributed by atoms with Crippen LogP contribution in [0.4, 0.5) is 0 Å². The molecular formula is C16H24O2. The van der Waals surface area contributed by atoms with Gasteiger partial charge in [-0.1, -0.05) is 12.1 Å². The maximum absolute atomic E-state index is 8.86. The van der Waals surface area contributed by atoms with Crippen LogP contribution >= 0.6 is 0 Å². The van der Waals surface area contributed by atoms with E-state index >= 15 is 0 Å². The minimum absolute atomic E-state index is 0.346. The number of ether oxygens (including phenoxy) is 1. The van der Waals surface area contributed by atoms with Gasteiger partial charge in [-0.3, -0.25) is 0 Å². The molecule has 0 radical (unpaired) electrons. The maximum atomic E-state index is 8.86. The first kappa shape index (κ1) is 13.4. The first-order valence-electron chi connectivity index (χ1n) is 7.08. The van der Waals surface area contributed by atoms with E-state index in [1.807, 2.05) is 0 Å². The quantitative estimate of drug-likeness (QED) is 0.860. The standard InChI is InChI=1S/C16H24O2/c1-18-16-10-8-15(9-11-16)14-6-4-13(5-7-14)3-2-12-17/h8-11,13-14,17H,2-7,12H2,1H3/t13-,14-. The van der Waals surface area contributed by atoms with Crippen LogP contribution in [0.5, 0.6) is 5.75 Å². The first-order valence-corrected chi connectivity index (χ1v) is 7.08. The van der Waals surface area contributed by atoms with E-state index in [-0.39, 0.29) is 0 Å². The SMILES string of the molecule is COc1ccc([C@H]2CC[C@H](CCCO)CC2)cc1. The van der Waals surface area contributed by atoms with Gasteiger partial charge in [-0.15, -0.1) is 0 Å². The van der Waals surface area contributed by atoms with E-state index in [2.05, 4.69) is 24.3 Å².